The summed E-state index contributed by atoms with van der Waals surface area (Å²) in [6.07, 6.45) is 2.30. The van der Waals surface area contributed by atoms with E-state index in [1.807, 2.05) is 60.4 Å². The zero-order chi connectivity index (χ0) is 46.5. The monoisotopic (exact) mass is 950 g/mol. The smallest absolute Gasteiger partial charge is 0.338 e. The highest BCUT2D eigenvalue weighted by Gasteiger charge is 2.30. The molecule has 5 aromatic carbocycles. The number of piperidine rings is 1. The van der Waals surface area contributed by atoms with Gasteiger partial charge in [0.1, 0.15) is 0 Å². The fourth-order valence-electron chi connectivity index (χ4n) is 8.97. The Morgan fingerprint density at radius 3 is 2.21 bits per heavy atom. The molecule has 0 unspecified atom stereocenters. The highest BCUT2D eigenvalue weighted by molar-refractivity contribution is 7.99. The number of hydrogen-bond donors (Lipinski definition) is 4. The van der Waals surface area contributed by atoms with Crippen molar-refractivity contribution in [2.45, 2.75) is 55.0 Å². The maximum Gasteiger partial charge on any atom is 0.338 e. The largest absolute Gasteiger partial charge is 0.478 e. The second-order valence-corrected chi connectivity index (χ2v) is 20.3. The third kappa shape index (κ3) is 10.7. The normalized spacial score (nSPS) is 15.5. The summed E-state index contributed by atoms with van der Waals surface area (Å²) in [4.78, 5) is 20.6. The number of anilines is 4. The van der Waals surface area contributed by atoms with Crippen LogP contribution >= 0.6 is 23.4 Å². The zero-order valence-corrected chi connectivity index (χ0v) is 39.8. The van der Waals surface area contributed by atoms with Crippen LogP contribution in [0.3, 0.4) is 0 Å². The molecule has 1 aromatic heterocycles. The highest BCUT2D eigenvalue weighted by atomic mass is 35.5. The molecular weight excluding hydrogens is 895 g/mol. The van der Waals surface area contributed by atoms with E-state index in [9.17, 15) is 23.4 Å². The van der Waals surface area contributed by atoms with Gasteiger partial charge in [0.2, 0.25) is 0 Å². The summed E-state index contributed by atoms with van der Waals surface area (Å²) >= 11 is 7.97. The Morgan fingerprint density at radius 2 is 1.55 bits per heavy atom. The molecule has 0 bridgehead atoms. The maximum atomic E-state index is 16.7. The Hall–Kier alpha value is -5.51. The van der Waals surface area contributed by atoms with Crippen molar-refractivity contribution in [2.75, 3.05) is 71.4 Å². The number of rotatable bonds is 16. The van der Waals surface area contributed by atoms with E-state index < -0.39 is 21.8 Å². The SMILES string of the molecule is Cc1cc(S(=O)(=O)Nc2ccc(N3CCN(c4cccc(-c5c(C(=O)O)c(C)n(C)c5-c5ccc(Cl)cc5)c4F)CC3)cc2)ccc1N[C@H](CCN1CCC(O)CC1)CSc1ccccc1. The number of likely N-dealkylation sites (tertiary alicyclic amines) is 1. The molecule has 4 N–H and O–H groups in total. The van der Waals surface area contributed by atoms with Gasteiger partial charge >= 0.3 is 5.97 Å². The van der Waals surface area contributed by atoms with E-state index in [0.717, 1.165) is 67.2 Å². The molecule has 66 heavy (non-hydrogen) atoms. The second-order valence-electron chi connectivity index (χ2n) is 17.1. The van der Waals surface area contributed by atoms with E-state index in [4.69, 9.17) is 11.6 Å². The Balaban J connectivity index is 0.906. The molecule has 3 heterocycles. The van der Waals surface area contributed by atoms with Crippen LogP contribution < -0.4 is 19.8 Å². The van der Waals surface area contributed by atoms with Gasteiger partial charge in [-0.2, -0.15) is 0 Å². The van der Waals surface area contributed by atoms with Gasteiger partial charge in [-0.25, -0.2) is 17.6 Å². The van der Waals surface area contributed by atoms with Gasteiger partial charge in [0.25, 0.3) is 10.0 Å². The van der Waals surface area contributed by atoms with Crippen LogP contribution in [0.2, 0.25) is 5.02 Å². The maximum absolute atomic E-state index is 16.7. The van der Waals surface area contributed by atoms with Crippen molar-refractivity contribution in [1.82, 2.24) is 9.47 Å². The van der Waals surface area contributed by atoms with Gasteiger partial charge in [-0.05, 0) is 117 Å². The van der Waals surface area contributed by atoms with E-state index in [-0.39, 0.29) is 28.2 Å². The standard InChI is InChI=1S/C51H56ClFN6O5S2/c1-34-32-43(20-21-45(34)54-39(33-65-42-8-5-4-6-9-42)22-25-57-26-23-41(60)24-27-57)66(63,64)55-38-16-18-40(19-17-38)58-28-30-59(31-29-58)46-11-7-10-44(49(46)53)48-47(51(61)62)35(2)56(3)50(48)36-12-14-37(52)15-13-36/h4-21,32,39,41,54-55,60H,22-31,33H2,1-3H3,(H,61,62)/t39-/m1/s1. The summed E-state index contributed by atoms with van der Waals surface area (Å²) in [6, 6.07) is 35.1. The van der Waals surface area contributed by atoms with E-state index in [1.54, 1.807) is 84.9 Å². The minimum atomic E-state index is -3.89. The van der Waals surface area contributed by atoms with Crippen LogP contribution in [0.15, 0.2) is 125 Å². The van der Waals surface area contributed by atoms with E-state index in [2.05, 4.69) is 32.0 Å². The minimum Gasteiger partial charge on any atom is -0.478 e. The number of halogens is 2. The third-order valence-corrected chi connectivity index (χ3v) is 15.6. The number of sulfonamides is 1. The summed E-state index contributed by atoms with van der Waals surface area (Å²) in [6.45, 7) is 8.54. The lowest BCUT2D eigenvalue weighted by Crippen LogP contribution is -2.46. The van der Waals surface area contributed by atoms with Crippen molar-refractivity contribution in [2.24, 2.45) is 7.05 Å². The van der Waals surface area contributed by atoms with Crippen molar-refractivity contribution in [3.63, 3.8) is 0 Å². The van der Waals surface area contributed by atoms with Crippen LogP contribution in [0, 0.1) is 19.7 Å². The number of hydrogen-bond acceptors (Lipinski definition) is 9. The molecule has 11 nitrogen and oxygen atoms in total. The van der Waals surface area contributed by atoms with Crippen molar-refractivity contribution < 1.29 is 27.8 Å². The number of aliphatic hydroxyl groups excluding tert-OH is 1. The number of carboxylic acid groups (broad SMARTS) is 1. The molecule has 0 aliphatic carbocycles. The first-order chi connectivity index (χ1) is 31.8. The summed E-state index contributed by atoms with van der Waals surface area (Å²) in [5.74, 6) is -0.771. The van der Waals surface area contributed by atoms with Crippen LogP contribution in [0.25, 0.3) is 22.4 Å². The molecule has 2 fully saturated rings. The first kappa shape index (κ1) is 47.0. The lowest BCUT2D eigenvalue weighted by molar-refractivity contribution is 0.0696. The molecule has 15 heteroatoms. The van der Waals surface area contributed by atoms with Crippen molar-refractivity contribution >= 4 is 62.1 Å². The van der Waals surface area contributed by atoms with Gasteiger partial charge < -0.3 is 34.8 Å². The summed E-state index contributed by atoms with van der Waals surface area (Å²) in [5.41, 5.74) is 5.89. The number of carboxylic acids is 1. The fraction of sp³-hybridized carbons (Fsp3) is 0.314. The number of aromatic nitrogens is 1. The molecule has 2 aliphatic heterocycles. The van der Waals surface area contributed by atoms with Crippen LogP contribution in [0.5, 0.6) is 0 Å². The number of aliphatic hydroxyl groups is 1. The van der Waals surface area contributed by atoms with E-state index >= 15 is 4.39 Å². The van der Waals surface area contributed by atoms with Crippen molar-refractivity contribution in [3.8, 4) is 22.4 Å². The molecule has 0 amide bonds. The van der Waals surface area contributed by atoms with Crippen LogP contribution in [0.4, 0.5) is 27.1 Å². The lowest BCUT2D eigenvalue weighted by Gasteiger charge is -2.37. The molecule has 1 atom stereocenters. The average Bonchev–Trinajstić information content (AvgIpc) is 3.58. The van der Waals surface area contributed by atoms with Crippen LogP contribution in [-0.2, 0) is 17.1 Å². The van der Waals surface area contributed by atoms with E-state index in [0.29, 0.717) is 59.5 Å². The minimum absolute atomic E-state index is 0.0514. The predicted molar refractivity (Wildman–Crippen MR) is 267 cm³/mol. The number of aryl methyl sites for hydroxylation is 1. The van der Waals surface area contributed by atoms with Crippen molar-refractivity contribution in [3.05, 3.63) is 143 Å². The summed E-state index contributed by atoms with van der Waals surface area (Å²) in [7, 11) is -2.11. The molecular formula is C51H56ClFN6O5S2. The van der Waals surface area contributed by atoms with Gasteiger partial charge in [0, 0.05) is 108 Å². The predicted octanol–water partition coefficient (Wildman–Crippen LogP) is 10.0. The Kier molecular flexibility index (Phi) is 14.6. The molecule has 0 spiro atoms. The van der Waals surface area contributed by atoms with E-state index in [1.165, 1.54) is 4.90 Å². The quantitative estimate of drug-likeness (QED) is 0.0696. The molecule has 0 radical (unpaired) electrons. The van der Waals surface area contributed by atoms with Crippen LogP contribution in [0.1, 0.15) is 40.9 Å². The highest BCUT2D eigenvalue weighted by Crippen LogP contribution is 2.42. The molecule has 2 aliphatic rings. The number of piperazine rings is 1. The number of nitrogens with one attached hydrogen (secondary N) is 2. The van der Waals surface area contributed by atoms with Gasteiger partial charge in [-0.1, -0.05) is 54.1 Å². The van der Waals surface area contributed by atoms with Gasteiger partial charge in [-0.15, -0.1) is 11.8 Å². The topological polar surface area (TPSA) is 130 Å². The molecule has 346 valence electrons. The molecule has 2 saturated heterocycles. The number of nitrogens with zero attached hydrogens (tertiary/aromatic N) is 4. The average molecular weight is 952 g/mol. The summed E-state index contributed by atoms with van der Waals surface area (Å²) < 4.78 is 48.6. The number of aromatic carboxylic acids is 1. The molecule has 6 aromatic rings. The Labute approximate surface area is 396 Å². The third-order valence-electron chi connectivity index (χ3n) is 12.8. The number of benzene rings is 5. The number of thioether (sulfide) groups is 1. The molecule has 8 rings (SSSR count). The molecule has 0 saturated carbocycles. The van der Waals surface area contributed by atoms with Crippen LogP contribution in [-0.4, -0.2) is 97.8 Å². The second kappa shape index (κ2) is 20.6. The van der Waals surface area contributed by atoms with Crippen molar-refractivity contribution in [1.29, 1.82) is 0 Å². The van der Waals surface area contributed by atoms with Gasteiger partial charge in [0.15, 0.2) is 5.82 Å². The zero-order valence-electron chi connectivity index (χ0n) is 37.4. The Morgan fingerprint density at radius 1 is 0.864 bits per heavy atom. The first-order valence-corrected chi connectivity index (χ1v) is 25.2. The first-order valence-electron chi connectivity index (χ1n) is 22.3. The summed E-state index contributed by atoms with van der Waals surface area (Å²) in [5, 5.41) is 24.6. The lowest BCUT2D eigenvalue weighted by atomic mass is 9.95. The van der Waals surface area contributed by atoms with Gasteiger partial charge in [0.05, 0.1) is 27.9 Å². The fourth-order valence-corrected chi connectivity index (χ4v) is 11.2. The Bertz CT molecular complexity index is 2760. The van der Waals surface area contributed by atoms with Gasteiger partial charge in [-0.3, -0.25) is 4.72 Å². The number of carbonyl (C=O) groups is 1.